The number of phenolic OH excluding ortho intramolecular Hbond substituents is 1. The van der Waals surface area contributed by atoms with Crippen molar-refractivity contribution in [1.29, 1.82) is 0 Å². The van der Waals surface area contributed by atoms with Gasteiger partial charge in [0.15, 0.2) is 17.3 Å². The van der Waals surface area contributed by atoms with Crippen LogP contribution in [0.4, 0.5) is 5.69 Å². The van der Waals surface area contributed by atoms with Gasteiger partial charge in [0.25, 0.3) is 5.91 Å². The van der Waals surface area contributed by atoms with Gasteiger partial charge in [0, 0.05) is 11.1 Å². The van der Waals surface area contributed by atoms with Crippen molar-refractivity contribution in [1.82, 2.24) is 0 Å². The van der Waals surface area contributed by atoms with Crippen molar-refractivity contribution in [3.05, 3.63) is 82.8 Å². The van der Waals surface area contributed by atoms with Crippen molar-refractivity contribution < 1.29 is 23.9 Å². The zero-order chi connectivity index (χ0) is 17.6. The number of rotatable bonds is 2. The predicted molar refractivity (Wildman–Crippen MR) is 88.1 cm³/mol. The van der Waals surface area contributed by atoms with Crippen molar-refractivity contribution >= 4 is 23.2 Å². The maximum atomic E-state index is 12.9. The first-order valence-corrected chi connectivity index (χ1v) is 7.47. The number of carbonyl (C=O) groups is 3. The molecule has 0 aliphatic heterocycles. The van der Waals surface area contributed by atoms with Crippen LogP contribution in [0.15, 0.2) is 59.2 Å². The van der Waals surface area contributed by atoms with Crippen molar-refractivity contribution in [3.8, 4) is 5.75 Å². The lowest BCUT2D eigenvalue weighted by Crippen LogP contribution is -2.24. The molecule has 25 heavy (non-hydrogen) atoms. The van der Waals surface area contributed by atoms with E-state index >= 15 is 0 Å². The highest BCUT2D eigenvalue weighted by Crippen LogP contribution is 2.37. The van der Waals surface area contributed by atoms with Crippen LogP contribution in [0.5, 0.6) is 5.75 Å². The minimum Gasteiger partial charge on any atom is -0.507 e. The van der Waals surface area contributed by atoms with E-state index < -0.39 is 17.5 Å². The second-order valence-electron chi connectivity index (χ2n) is 5.52. The number of carbonyl (C=O) groups excluding carboxylic acids is 3. The van der Waals surface area contributed by atoms with Gasteiger partial charge in [0.1, 0.15) is 5.75 Å². The number of ketones is 2. The Bertz CT molecular complexity index is 1030. The fourth-order valence-electron chi connectivity index (χ4n) is 2.90. The quantitative estimate of drug-likeness (QED) is 0.550. The average Bonchev–Trinajstić information content (AvgIpc) is 3.16. The van der Waals surface area contributed by atoms with Gasteiger partial charge in [-0.1, -0.05) is 24.3 Å². The Morgan fingerprint density at radius 1 is 0.880 bits per heavy atom. The van der Waals surface area contributed by atoms with E-state index in [1.165, 1.54) is 30.5 Å². The second kappa shape index (κ2) is 5.45. The van der Waals surface area contributed by atoms with E-state index in [9.17, 15) is 19.5 Å². The van der Waals surface area contributed by atoms with Gasteiger partial charge in [-0.25, -0.2) is 0 Å². The molecule has 0 bridgehead atoms. The summed E-state index contributed by atoms with van der Waals surface area (Å²) in [7, 11) is 0. The fourth-order valence-corrected chi connectivity index (χ4v) is 2.90. The van der Waals surface area contributed by atoms with Crippen molar-refractivity contribution in [3.63, 3.8) is 0 Å². The van der Waals surface area contributed by atoms with Crippen LogP contribution in [-0.2, 0) is 0 Å². The van der Waals surface area contributed by atoms with Gasteiger partial charge in [0.05, 0.1) is 23.1 Å². The first-order valence-electron chi connectivity index (χ1n) is 7.47. The lowest BCUT2D eigenvalue weighted by atomic mass is 9.82. The van der Waals surface area contributed by atoms with Crippen molar-refractivity contribution in [2.45, 2.75) is 0 Å². The van der Waals surface area contributed by atoms with Crippen LogP contribution in [-0.4, -0.2) is 22.6 Å². The standard InChI is InChI=1S/C19H11NO5/c21-13-8-7-12(20-19(24)14-6-3-9-25-14)15-16(13)18(23)11-5-2-1-4-10(11)17(15)22/h1-9,21H,(H,20,24). The Balaban J connectivity index is 1.86. The summed E-state index contributed by atoms with van der Waals surface area (Å²) in [5.74, 6) is -1.69. The number of furan rings is 1. The molecule has 122 valence electrons. The molecule has 0 unspecified atom stereocenters. The lowest BCUT2D eigenvalue weighted by Gasteiger charge is -2.21. The molecule has 1 aliphatic rings. The van der Waals surface area contributed by atoms with Crippen LogP contribution >= 0.6 is 0 Å². The zero-order valence-electron chi connectivity index (χ0n) is 12.8. The van der Waals surface area contributed by atoms with E-state index in [4.69, 9.17) is 4.42 Å². The van der Waals surface area contributed by atoms with Gasteiger partial charge in [-0.3, -0.25) is 14.4 Å². The lowest BCUT2D eigenvalue weighted by molar-refractivity contribution is 0.0974. The summed E-state index contributed by atoms with van der Waals surface area (Å²) < 4.78 is 5.03. The Kier molecular flexibility index (Phi) is 3.25. The van der Waals surface area contributed by atoms with Gasteiger partial charge >= 0.3 is 0 Å². The topological polar surface area (TPSA) is 96.6 Å². The average molecular weight is 333 g/mol. The van der Waals surface area contributed by atoms with E-state index in [1.54, 1.807) is 24.3 Å². The Labute approximate surface area is 141 Å². The summed E-state index contributed by atoms with van der Waals surface area (Å²) >= 11 is 0. The van der Waals surface area contributed by atoms with Crippen LogP contribution in [0.3, 0.4) is 0 Å². The molecule has 0 saturated heterocycles. The molecule has 4 rings (SSSR count). The molecule has 1 amide bonds. The SMILES string of the molecule is O=C(Nc1ccc(O)c2c1C(=O)c1ccccc1C2=O)c1ccco1. The summed E-state index contributed by atoms with van der Waals surface area (Å²) in [6.07, 6.45) is 1.35. The van der Waals surface area contributed by atoms with E-state index in [0.29, 0.717) is 0 Å². The number of amides is 1. The Morgan fingerprint density at radius 3 is 2.20 bits per heavy atom. The van der Waals surface area contributed by atoms with Crippen molar-refractivity contribution in [2.24, 2.45) is 0 Å². The summed E-state index contributed by atoms with van der Waals surface area (Å²) in [6.45, 7) is 0. The number of hydrogen-bond acceptors (Lipinski definition) is 5. The minimum atomic E-state index is -0.558. The number of phenols is 1. The summed E-state index contributed by atoms with van der Waals surface area (Å²) in [5, 5.41) is 12.7. The first kappa shape index (κ1) is 14.9. The Hall–Kier alpha value is -3.67. The smallest absolute Gasteiger partial charge is 0.291 e. The molecular weight excluding hydrogens is 322 g/mol. The van der Waals surface area contributed by atoms with Gasteiger partial charge in [-0.2, -0.15) is 0 Å². The molecule has 0 atom stereocenters. The van der Waals surface area contributed by atoms with E-state index in [1.807, 2.05) is 0 Å². The highest BCUT2D eigenvalue weighted by Gasteiger charge is 2.34. The molecular formula is C19H11NO5. The number of anilines is 1. The molecule has 1 aliphatic carbocycles. The molecule has 2 aromatic carbocycles. The number of aromatic hydroxyl groups is 1. The monoisotopic (exact) mass is 333 g/mol. The van der Waals surface area contributed by atoms with Crippen LogP contribution in [0.25, 0.3) is 0 Å². The molecule has 6 nitrogen and oxygen atoms in total. The van der Waals surface area contributed by atoms with Crippen LogP contribution < -0.4 is 5.32 Å². The molecule has 0 fully saturated rings. The number of benzene rings is 2. The predicted octanol–water partition coefficient (Wildman–Crippen LogP) is 3.01. The normalized spacial score (nSPS) is 12.5. The summed E-state index contributed by atoms with van der Waals surface area (Å²) in [5.41, 5.74) is 0.468. The molecule has 0 radical (unpaired) electrons. The molecule has 0 saturated carbocycles. The minimum absolute atomic E-state index is 0.0244. The van der Waals surface area contributed by atoms with Crippen LogP contribution in [0, 0.1) is 0 Å². The molecule has 1 aromatic heterocycles. The van der Waals surface area contributed by atoms with E-state index in [0.717, 1.165) is 0 Å². The number of nitrogens with one attached hydrogen (secondary N) is 1. The summed E-state index contributed by atoms with van der Waals surface area (Å²) in [4.78, 5) is 37.8. The third kappa shape index (κ3) is 2.23. The van der Waals surface area contributed by atoms with Crippen LogP contribution in [0.2, 0.25) is 0 Å². The number of hydrogen-bond donors (Lipinski definition) is 2. The molecule has 3 aromatic rings. The second-order valence-corrected chi connectivity index (χ2v) is 5.52. The highest BCUT2D eigenvalue weighted by atomic mass is 16.3. The van der Waals surface area contributed by atoms with Gasteiger partial charge in [-0.05, 0) is 24.3 Å². The molecule has 6 heteroatoms. The highest BCUT2D eigenvalue weighted by molar-refractivity contribution is 6.31. The largest absolute Gasteiger partial charge is 0.507 e. The summed E-state index contributed by atoms with van der Waals surface area (Å²) in [6, 6.07) is 12.1. The van der Waals surface area contributed by atoms with E-state index in [-0.39, 0.29) is 39.5 Å². The third-order valence-electron chi connectivity index (χ3n) is 4.05. The van der Waals surface area contributed by atoms with Gasteiger partial charge in [0.2, 0.25) is 0 Å². The molecule has 1 heterocycles. The van der Waals surface area contributed by atoms with Gasteiger partial charge < -0.3 is 14.8 Å². The van der Waals surface area contributed by atoms with Gasteiger partial charge in [-0.15, -0.1) is 0 Å². The third-order valence-corrected chi connectivity index (χ3v) is 4.05. The van der Waals surface area contributed by atoms with E-state index in [2.05, 4.69) is 5.32 Å². The first-order chi connectivity index (χ1) is 12.1. The molecule has 2 N–H and O–H groups in total. The Morgan fingerprint density at radius 2 is 1.56 bits per heavy atom. The maximum Gasteiger partial charge on any atom is 0.291 e. The maximum absolute atomic E-state index is 12.9. The zero-order valence-corrected chi connectivity index (χ0v) is 12.8. The number of fused-ring (bicyclic) bond motifs is 2. The van der Waals surface area contributed by atoms with Crippen molar-refractivity contribution in [2.75, 3.05) is 5.32 Å². The fraction of sp³-hybridized carbons (Fsp3) is 0. The van der Waals surface area contributed by atoms with Crippen LogP contribution in [0.1, 0.15) is 42.4 Å². The molecule has 0 spiro atoms.